The number of carbonyl (C=O) groups is 2. The maximum atomic E-state index is 12.0. The lowest BCUT2D eigenvalue weighted by Gasteiger charge is -2.18. The van der Waals surface area contributed by atoms with Gasteiger partial charge in [-0.3, -0.25) is 13.9 Å². The van der Waals surface area contributed by atoms with Crippen LogP contribution in [0.4, 0.5) is 11.4 Å². The average molecular weight is 393 g/mol. The molecule has 1 aromatic carbocycles. The maximum Gasteiger partial charge on any atom is 0.313 e. The number of hydrogen-bond acceptors (Lipinski definition) is 5. The van der Waals surface area contributed by atoms with Gasteiger partial charge < -0.3 is 10.6 Å². The molecule has 0 saturated carbocycles. The molecule has 0 aliphatic carbocycles. The Morgan fingerprint density at radius 3 is 2.65 bits per heavy atom. The van der Waals surface area contributed by atoms with Gasteiger partial charge in [0.05, 0.1) is 18.0 Å². The standard InChI is InChI=1S/C17H19N3O4S2/c1-12-10-13(20-7-3-9-26(20,23)24)5-6-15(12)19-17(22)16(21)18-11-14-4-2-8-25-14/h2,4-6,8,10H,3,7,9,11H2,1H3,(H,18,21)(H,19,22). The van der Waals surface area contributed by atoms with Crippen molar-refractivity contribution in [3.63, 3.8) is 0 Å². The highest BCUT2D eigenvalue weighted by atomic mass is 32.2. The lowest BCUT2D eigenvalue weighted by molar-refractivity contribution is -0.136. The Labute approximate surface area is 156 Å². The number of nitrogens with one attached hydrogen (secondary N) is 2. The first-order valence-electron chi connectivity index (χ1n) is 8.09. The van der Waals surface area contributed by atoms with Crippen LogP contribution in [0.3, 0.4) is 0 Å². The van der Waals surface area contributed by atoms with E-state index in [2.05, 4.69) is 10.6 Å². The van der Waals surface area contributed by atoms with Crippen LogP contribution >= 0.6 is 11.3 Å². The van der Waals surface area contributed by atoms with Crippen molar-refractivity contribution in [3.05, 3.63) is 46.2 Å². The summed E-state index contributed by atoms with van der Waals surface area (Å²) >= 11 is 1.50. The van der Waals surface area contributed by atoms with Crippen LogP contribution in [0.5, 0.6) is 0 Å². The van der Waals surface area contributed by atoms with E-state index in [-0.39, 0.29) is 5.75 Å². The first-order chi connectivity index (χ1) is 12.4. The highest BCUT2D eigenvalue weighted by molar-refractivity contribution is 7.93. The first kappa shape index (κ1) is 18.4. The Balaban J connectivity index is 1.64. The van der Waals surface area contributed by atoms with E-state index in [4.69, 9.17) is 0 Å². The SMILES string of the molecule is Cc1cc(N2CCCS2(=O)=O)ccc1NC(=O)C(=O)NCc1cccs1. The Bertz CT molecular complexity index is 923. The fourth-order valence-electron chi connectivity index (χ4n) is 2.71. The molecular weight excluding hydrogens is 374 g/mol. The van der Waals surface area contributed by atoms with Gasteiger partial charge in [0.1, 0.15) is 0 Å². The zero-order chi connectivity index (χ0) is 18.7. The van der Waals surface area contributed by atoms with Gasteiger partial charge in [-0.2, -0.15) is 0 Å². The predicted molar refractivity (Wildman–Crippen MR) is 102 cm³/mol. The van der Waals surface area contributed by atoms with Gasteiger partial charge in [0.25, 0.3) is 0 Å². The number of anilines is 2. The zero-order valence-corrected chi connectivity index (χ0v) is 15.8. The van der Waals surface area contributed by atoms with E-state index < -0.39 is 21.8 Å². The van der Waals surface area contributed by atoms with Gasteiger partial charge >= 0.3 is 11.8 Å². The zero-order valence-electron chi connectivity index (χ0n) is 14.2. The maximum absolute atomic E-state index is 12.0. The minimum absolute atomic E-state index is 0.148. The quantitative estimate of drug-likeness (QED) is 0.775. The molecule has 1 saturated heterocycles. The highest BCUT2D eigenvalue weighted by Gasteiger charge is 2.28. The van der Waals surface area contributed by atoms with Crippen molar-refractivity contribution in [2.45, 2.75) is 19.9 Å². The summed E-state index contributed by atoms with van der Waals surface area (Å²) < 4.78 is 25.4. The van der Waals surface area contributed by atoms with Crippen LogP contribution in [0.1, 0.15) is 16.9 Å². The number of benzene rings is 1. The van der Waals surface area contributed by atoms with Gasteiger partial charge in [0.15, 0.2) is 0 Å². The molecule has 9 heteroatoms. The number of aryl methyl sites for hydroxylation is 1. The third kappa shape index (κ3) is 4.05. The number of carbonyl (C=O) groups excluding carboxylic acids is 2. The molecule has 26 heavy (non-hydrogen) atoms. The van der Waals surface area contributed by atoms with Gasteiger partial charge in [-0.25, -0.2) is 8.42 Å². The second-order valence-corrected chi connectivity index (χ2v) is 9.00. The molecule has 138 valence electrons. The fourth-order valence-corrected chi connectivity index (χ4v) is 4.91. The third-order valence-electron chi connectivity index (χ3n) is 4.05. The number of sulfonamides is 1. The minimum atomic E-state index is -3.25. The van der Waals surface area contributed by atoms with Crippen molar-refractivity contribution in [1.29, 1.82) is 0 Å². The summed E-state index contributed by atoms with van der Waals surface area (Å²) in [5.41, 5.74) is 1.73. The van der Waals surface area contributed by atoms with Crippen molar-refractivity contribution in [2.24, 2.45) is 0 Å². The molecule has 3 rings (SSSR count). The second kappa shape index (κ2) is 7.46. The van der Waals surface area contributed by atoms with E-state index in [1.165, 1.54) is 15.6 Å². The van der Waals surface area contributed by atoms with Crippen molar-refractivity contribution in [2.75, 3.05) is 21.9 Å². The van der Waals surface area contributed by atoms with Crippen molar-refractivity contribution >= 4 is 44.5 Å². The number of rotatable bonds is 4. The van der Waals surface area contributed by atoms with Crippen LogP contribution in [0.25, 0.3) is 0 Å². The molecule has 2 amide bonds. The average Bonchev–Trinajstić information content (AvgIpc) is 3.23. The molecule has 1 aromatic heterocycles. The normalized spacial score (nSPS) is 15.7. The summed E-state index contributed by atoms with van der Waals surface area (Å²) in [4.78, 5) is 24.9. The molecule has 1 fully saturated rings. The van der Waals surface area contributed by atoms with Crippen LogP contribution in [0, 0.1) is 6.92 Å². The molecule has 0 bridgehead atoms. The lowest BCUT2D eigenvalue weighted by Crippen LogP contribution is -2.35. The van der Waals surface area contributed by atoms with Gasteiger partial charge in [-0.15, -0.1) is 11.3 Å². The molecule has 2 aromatic rings. The summed E-state index contributed by atoms with van der Waals surface area (Å²) in [6.45, 7) is 2.51. The Morgan fingerprint density at radius 1 is 1.23 bits per heavy atom. The van der Waals surface area contributed by atoms with E-state index in [9.17, 15) is 18.0 Å². The summed E-state index contributed by atoms with van der Waals surface area (Å²) in [6.07, 6.45) is 0.601. The van der Waals surface area contributed by atoms with E-state index in [0.717, 1.165) is 4.88 Å². The van der Waals surface area contributed by atoms with Crippen LogP contribution in [-0.2, 0) is 26.2 Å². The van der Waals surface area contributed by atoms with Crippen LogP contribution < -0.4 is 14.9 Å². The molecule has 2 heterocycles. The molecule has 1 aliphatic rings. The van der Waals surface area contributed by atoms with Gasteiger partial charge in [0, 0.05) is 17.1 Å². The second-order valence-electron chi connectivity index (χ2n) is 5.96. The highest BCUT2D eigenvalue weighted by Crippen LogP contribution is 2.27. The van der Waals surface area contributed by atoms with E-state index in [1.807, 2.05) is 17.5 Å². The van der Waals surface area contributed by atoms with Crippen molar-refractivity contribution < 1.29 is 18.0 Å². The van der Waals surface area contributed by atoms with Crippen molar-refractivity contribution in [3.8, 4) is 0 Å². The van der Waals surface area contributed by atoms with E-state index >= 15 is 0 Å². The molecule has 0 radical (unpaired) electrons. The smallest absolute Gasteiger partial charge is 0.313 e. The number of thiophene rings is 1. The molecule has 0 spiro atoms. The fraction of sp³-hybridized carbons (Fsp3) is 0.294. The topological polar surface area (TPSA) is 95.6 Å². The molecule has 1 aliphatic heterocycles. The lowest BCUT2D eigenvalue weighted by atomic mass is 10.1. The van der Waals surface area contributed by atoms with Crippen LogP contribution in [0.2, 0.25) is 0 Å². The third-order valence-corrected chi connectivity index (χ3v) is 6.80. The molecular formula is C17H19N3O4S2. The van der Waals surface area contributed by atoms with Crippen molar-refractivity contribution in [1.82, 2.24) is 5.32 Å². The number of hydrogen-bond donors (Lipinski definition) is 2. The molecule has 7 nitrogen and oxygen atoms in total. The van der Waals surface area contributed by atoms with E-state index in [0.29, 0.717) is 36.4 Å². The predicted octanol–water partition coefficient (Wildman–Crippen LogP) is 1.85. The van der Waals surface area contributed by atoms with Gasteiger partial charge in [-0.05, 0) is 48.6 Å². The van der Waals surface area contributed by atoms with Crippen LogP contribution in [0.15, 0.2) is 35.7 Å². The Hall–Kier alpha value is -2.39. The Kier molecular flexibility index (Phi) is 5.28. The summed E-state index contributed by atoms with van der Waals surface area (Å²) in [6, 6.07) is 8.69. The summed E-state index contributed by atoms with van der Waals surface area (Å²) in [5, 5.41) is 7.02. The minimum Gasteiger partial charge on any atom is -0.343 e. The van der Waals surface area contributed by atoms with E-state index in [1.54, 1.807) is 25.1 Å². The first-order valence-corrected chi connectivity index (χ1v) is 10.6. The molecule has 0 atom stereocenters. The monoisotopic (exact) mass is 393 g/mol. The summed E-state index contributed by atoms with van der Waals surface area (Å²) in [5.74, 6) is -1.33. The van der Waals surface area contributed by atoms with Gasteiger partial charge in [-0.1, -0.05) is 6.07 Å². The summed E-state index contributed by atoms with van der Waals surface area (Å²) in [7, 11) is -3.25. The molecule has 0 unspecified atom stereocenters. The van der Waals surface area contributed by atoms with Crippen LogP contribution in [-0.4, -0.2) is 32.5 Å². The molecule has 2 N–H and O–H groups in total. The number of amides is 2. The van der Waals surface area contributed by atoms with Gasteiger partial charge in [0.2, 0.25) is 10.0 Å². The Morgan fingerprint density at radius 2 is 2.04 bits per heavy atom. The largest absolute Gasteiger partial charge is 0.343 e. The number of nitrogens with zero attached hydrogens (tertiary/aromatic N) is 1.